The summed E-state index contributed by atoms with van der Waals surface area (Å²) in [6.45, 7) is 11.0. The average molecular weight is 298 g/mol. The van der Waals surface area contributed by atoms with Crippen molar-refractivity contribution in [3.8, 4) is 0 Å². The lowest BCUT2D eigenvalue weighted by atomic mass is 10.2. The minimum Gasteiger partial charge on any atom is -0.399 e. The van der Waals surface area contributed by atoms with Gasteiger partial charge in [-0.3, -0.25) is 0 Å². The van der Waals surface area contributed by atoms with Crippen molar-refractivity contribution in [1.29, 1.82) is 0 Å². The zero-order valence-corrected chi connectivity index (χ0v) is 13.9. The second-order valence-corrected chi connectivity index (χ2v) is 8.07. The van der Waals surface area contributed by atoms with E-state index >= 15 is 0 Å². The van der Waals surface area contributed by atoms with Crippen LogP contribution in [0.15, 0.2) is 23.1 Å². The molecule has 0 aromatic heterocycles. The van der Waals surface area contributed by atoms with Crippen molar-refractivity contribution in [3.05, 3.63) is 23.8 Å². The Bertz CT molecular complexity index is 541. The van der Waals surface area contributed by atoms with Gasteiger partial charge in [-0.05, 0) is 42.5 Å². The highest BCUT2D eigenvalue weighted by atomic mass is 32.2. The molecular weight excluding hydrogens is 272 g/mol. The van der Waals surface area contributed by atoms with Gasteiger partial charge in [0.1, 0.15) is 0 Å². The zero-order valence-electron chi connectivity index (χ0n) is 13.1. The van der Waals surface area contributed by atoms with Crippen LogP contribution >= 0.6 is 0 Å². The number of rotatable bonds is 6. The molecule has 1 rings (SSSR count). The maximum Gasteiger partial charge on any atom is 0.243 e. The minimum absolute atomic E-state index is 0.290. The average Bonchev–Trinajstić information content (AvgIpc) is 2.30. The third-order valence-electron chi connectivity index (χ3n) is 3.02. The second-order valence-electron chi connectivity index (χ2n) is 6.13. The number of benzene rings is 1. The topological polar surface area (TPSA) is 63.4 Å². The van der Waals surface area contributed by atoms with Crippen LogP contribution in [0.25, 0.3) is 0 Å². The third kappa shape index (κ3) is 4.21. The van der Waals surface area contributed by atoms with Crippen LogP contribution in [-0.2, 0) is 10.0 Å². The van der Waals surface area contributed by atoms with Crippen LogP contribution in [0.4, 0.5) is 5.69 Å². The van der Waals surface area contributed by atoms with E-state index in [0.29, 0.717) is 35.5 Å². The second kappa shape index (κ2) is 6.59. The number of aryl methyl sites for hydroxylation is 1. The predicted molar refractivity (Wildman–Crippen MR) is 84.0 cm³/mol. The van der Waals surface area contributed by atoms with Crippen molar-refractivity contribution in [1.82, 2.24) is 4.31 Å². The number of sulfonamides is 1. The molecule has 0 aliphatic carbocycles. The summed E-state index contributed by atoms with van der Waals surface area (Å²) in [5.74, 6) is 0.580. The first-order valence-corrected chi connectivity index (χ1v) is 8.45. The lowest BCUT2D eigenvalue weighted by Gasteiger charge is -2.25. The van der Waals surface area contributed by atoms with Gasteiger partial charge in [0.2, 0.25) is 10.0 Å². The fraction of sp³-hybridized carbons (Fsp3) is 0.600. The number of anilines is 1. The van der Waals surface area contributed by atoms with Crippen LogP contribution in [0.3, 0.4) is 0 Å². The molecule has 0 heterocycles. The Labute approximate surface area is 123 Å². The van der Waals surface area contributed by atoms with Crippen molar-refractivity contribution in [3.63, 3.8) is 0 Å². The van der Waals surface area contributed by atoms with Gasteiger partial charge in [0.25, 0.3) is 0 Å². The normalized spacial score (nSPS) is 12.6. The Morgan fingerprint density at radius 2 is 1.60 bits per heavy atom. The Hall–Kier alpha value is -1.07. The quantitative estimate of drug-likeness (QED) is 0.821. The van der Waals surface area contributed by atoms with Crippen LogP contribution in [0.1, 0.15) is 33.3 Å². The fourth-order valence-electron chi connectivity index (χ4n) is 2.04. The first kappa shape index (κ1) is 17.0. The van der Waals surface area contributed by atoms with E-state index in [-0.39, 0.29) is 0 Å². The highest BCUT2D eigenvalue weighted by Crippen LogP contribution is 2.22. The van der Waals surface area contributed by atoms with Gasteiger partial charge in [-0.2, -0.15) is 4.31 Å². The molecule has 0 bridgehead atoms. The van der Waals surface area contributed by atoms with E-state index in [2.05, 4.69) is 0 Å². The van der Waals surface area contributed by atoms with Crippen molar-refractivity contribution >= 4 is 15.7 Å². The number of nitrogens with two attached hydrogens (primary N) is 1. The van der Waals surface area contributed by atoms with Gasteiger partial charge in [0.05, 0.1) is 4.90 Å². The summed E-state index contributed by atoms with van der Waals surface area (Å²) in [4.78, 5) is 0.325. The first-order valence-electron chi connectivity index (χ1n) is 7.01. The predicted octanol–water partition coefficient (Wildman–Crippen LogP) is 2.88. The van der Waals surface area contributed by atoms with E-state index in [9.17, 15) is 8.42 Å². The third-order valence-corrected chi connectivity index (χ3v) is 4.84. The largest absolute Gasteiger partial charge is 0.399 e. The van der Waals surface area contributed by atoms with Gasteiger partial charge in [0, 0.05) is 18.8 Å². The van der Waals surface area contributed by atoms with Gasteiger partial charge in [0.15, 0.2) is 0 Å². The van der Waals surface area contributed by atoms with Crippen LogP contribution in [0.2, 0.25) is 0 Å². The summed E-state index contributed by atoms with van der Waals surface area (Å²) >= 11 is 0. The van der Waals surface area contributed by atoms with Crippen LogP contribution in [0, 0.1) is 18.8 Å². The maximum absolute atomic E-state index is 12.8. The van der Waals surface area contributed by atoms with Crippen molar-refractivity contribution in [2.45, 2.75) is 39.5 Å². The van der Waals surface area contributed by atoms with Gasteiger partial charge < -0.3 is 5.73 Å². The summed E-state index contributed by atoms with van der Waals surface area (Å²) in [6.07, 6.45) is 0. The molecular formula is C15H26N2O2S. The standard InChI is InChI=1S/C15H26N2O2S/c1-11(2)9-17(10-12(3)4)20(18,19)14-6-7-15(16)13(5)8-14/h6-8,11-12H,9-10,16H2,1-5H3. The molecule has 0 saturated carbocycles. The molecule has 1 aromatic rings. The molecule has 2 N–H and O–H groups in total. The van der Waals surface area contributed by atoms with Gasteiger partial charge in [-0.15, -0.1) is 0 Å². The molecule has 0 spiro atoms. The highest BCUT2D eigenvalue weighted by molar-refractivity contribution is 7.89. The number of nitrogens with zero attached hydrogens (tertiary/aromatic N) is 1. The summed E-state index contributed by atoms with van der Waals surface area (Å²) in [5.41, 5.74) is 7.17. The Balaban J connectivity index is 3.17. The van der Waals surface area contributed by atoms with E-state index in [4.69, 9.17) is 5.73 Å². The van der Waals surface area contributed by atoms with Crippen molar-refractivity contribution in [2.24, 2.45) is 11.8 Å². The summed E-state index contributed by atoms with van der Waals surface area (Å²) in [7, 11) is -3.45. The Morgan fingerprint density at radius 3 is 2.00 bits per heavy atom. The van der Waals surface area contributed by atoms with Gasteiger partial charge >= 0.3 is 0 Å². The maximum atomic E-state index is 12.8. The van der Waals surface area contributed by atoms with Crippen LogP contribution in [0.5, 0.6) is 0 Å². The van der Waals surface area contributed by atoms with Crippen molar-refractivity contribution < 1.29 is 8.42 Å². The van der Waals surface area contributed by atoms with E-state index in [1.54, 1.807) is 22.5 Å². The van der Waals surface area contributed by atoms with E-state index in [0.717, 1.165) is 5.56 Å². The Kier molecular flexibility index (Phi) is 5.59. The van der Waals surface area contributed by atoms with E-state index in [1.807, 2.05) is 34.6 Å². The lowest BCUT2D eigenvalue weighted by molar-refractivity contribution is 0.333. The lowest BCUT2D eigenvalue weighted by Crippen LogP contribution is -2.37. The van der Waals surface area contributed by atoms with E-state index < -0.39 is 10.0 Å². The molecule has 0 saturated heterocycles. The molecule has 0 amide bonds. The molecule has 5 heteroatoms. The molecule has 0 radical (unpaired) electrons. The summed E-state index contributed by atoms with van der Waals surface area (Å²) < 4.78 is 27.1. The van der Waals surface area contributed by atoms with Crippen LogP contribution < -0.4 is 5.73 Å². The number of hydrogen-bond acceptors (Lipinski definition) is 3. The van der Waals surface area contributed by atoms with Gasteiger partial charge in [-0.1, -0.05) is 27.7 Å². The monoisotopic (exact) mass is 298 g/mol. The fourth-order valence-corrected chi connectivity index (χ4v) is 3.90. The van der Waals surface area contributed by atoms with E-state index in [1.165, 1.54) is 0 Å². The molecule has 0 unspecified atom stereocenters. The first-order chi connectivity index (χ1) is 9.14. The highest BCUT2D eigenvalue weighted by Gasteiger charge is 2.26. The SMILES string of the molecule is Cc1cc(S(=O)(=O)N(CC(C)C)CC(C)C)ccc1N. The number of nitrogen functional groups attached to an aromatic ring is 1. The molecule has 114 valence electrons. The molecule has 0 atom stereocenters. The smallest absolute Gasteiger partial charge is 0.243 e. The summed E-state index contributed by atoms with van der Waals surface area (Å²) in [6, 6.07) is 4.90. The minimum atomic E-state index is -3.45. The number of hydrogen-bond donors (Lipinski definition) is 1. The molecule has 0 fully saturated rings. The molecule has 4 nitrogen and oxygen atoms in total. The molecule has 0 aliphatic rings. The molecule has 20 heavy (non-hydrogen) atoms. The van der Waals surface area contributed by atoms with Gasteiger partial charge in [-0.25, -0.2) is 8.42 Å². The Morgan fingerprint density at radius 1 is 1.10 bits per heavy atom. The zero-order chi connectivity index (χ0) is 15.5. The van der Waals surface area contributed by atoms with Crippen molar-refractivity contribution in [2.75, 3.05) is 18.8 Å². The molecule has 0 aliphatic heterocycles. The van der Waals surface area contributed by atoms with Crippen LogP contribution in [-0.4, -0.2) is 25.8 Å². The molecule has 1 aromatic carbocycles. The summed E-state index contributed by atoms with van der Waals surface area (Å²) in [5, 5.41) is 0.